The van der Waals surface area contributed by atoms with Crippen LogP contribution < -0.4 is 10.6 Å². The van der Waals surface area contributed by atoms with Gasteiger partial charge in [0.1, 0.15) is 23.7 Å². The summed E-state index contributed by atoms with van der Waals surface area (Å²) in [6.07, 6.45) is 8.65. The highest BCUT2D eigenvalue weighted by molar-refractivity contribution is 5.87. The average Bonchev–Trinajstić information content (AvgIpc) is 2.92. The van der Waals surface area contributed by atoms with Crippen LogP contribution in [0.3, 0.4) is 0 Å². The zero-order valence-electron chi connectivity index (χ0n) is 22.6. The fraction of sp³-hybridized carbons (Fsp3) is 0.536. The van der Waals surface area contributed by atoms with Crippen molar-refractivity contribution < 1.29 is 14.6 Å². The maximum absolute atomic E-state index is 12.1. The molecular weight excluding hydrogens is 482 g/mol. The molecule has 0 saturated carbocycles. The number of anilines is 2. The monoisotopic (exact) mass is 521 g/mol. The number of hydrogen-bond donors (Lipinski definition) is 3. The minimum atomic E-state index is -0.925. The first-order chi connectivity index (χ1) is 18.3. The number of pyridine rings is 2. The molecule has 4 rings (SSSR count). The predicted molar refractivity (Wildman–Crippen MR) is 149 cm³/mol. The summed E-state index contributed by atoms with van der Waals surface area (Å²) in [6, 6.07) is 7.16. The van der Waals surface area contributed by atoms with Gasteiger partial charge in [-0.1, -0.05) is 6.07 Å². The standard InChI is InChI=1S/C28H39N7O3/c1-28(2,38-3)18-35(16-5-4-9-21-12-11-20-8-6-15-30-25(20)33-21)17-13-23(27(36)37)34-26-24-22(31-19-32-26)10-7-14-29-24/h7,10-12,14,19,23H,4-6,8-9,13,15-18H2,1-3H3,(H,30,33)(H,36,37)(H,31,32,34)/t23-/m0/s1. The minimum Gasteiger partial charge on any atom is -0.480 e. The number of hydrogen-bond acceptors (Lipinski definition) is 9. The molecule has 0 radical (unpaired) electrons. The van der Waals surface area contributed by atoms with Gasteiger partial charge in [0.25, 0.3) is 0 Å². The molecule has 3 aromatic rings. The molecule has 10 nitrogen and oxygen atoms in total. The van der Waals surface area contributed by atoms with E-state index in [2.05, 4.69) is 56.5 Å². The summed E-state index contributed by atoms with van der Waals surface area (Å²) < 4.78 is 5.68. The Labute approximate surface area is 224 Å². The van der Waals surface area contributed by atoms with Crippen molar-refractivity contribution in [2.75, 3.05) is 43.9 Å². The van der Waals surface area contributed by atoms with Gasteiger partial charge in [0.05, 0.1) is 11.1 Å². The zero-order valence-corrected chi connectivity index (χ0v) is 22.6. The van der Waals surface area contributed by atoms with E-state index in [1.165, 1.54) is 11.9 Å². The van der Waals surface area contributed by atoms with E-state index in [1.807, 2.05) is 6.07 Å². The van der Waals surface area contributed by atoms with Crippen molar-refractivity contribution in [2.24, 2.45) is 0 Å². The Bertz CT molecular complexity index is 1210. The highest BCUT2D eigenvalue weighted by Crippen LogP contribution is 2.21. The van der Waals surface area contributed by atoms with Gasteiger partial charge in [0.15, 0.2) is 5.82 Å². The lowest BCUT2D eigenvalue weighted by Gasteiger charge is -2.32. The van der Waals surface area contributed by atoms with Gasteiger partial charge in [0, 0.05) is 38.6 Å². The number of aromatic nitrogens is 4. The molecule has 38 heavy (non-hydrogen) atoms. The van der Waals surface area contributed by atoms with E-state index in [-0.39, 0.29) is 5.60 Å². The fourth-order valence-corrected chi connectivity index (χ4v) is 4.76. The molecular formula is C28H39N7O3. The number of methoxy groups -OCH3 is 1. The number of nitrogens with zero attached hydrogens (tertiary/aromatic N) is 5. The molecule has 0 fully saturated rings. The summed E-state index contributed by atoms with van der Waals surface area (Å²) in [4.78, 5) is 32.0. The van der Waals surface area contributed by atoms with Crippen molar-refractivity contribution >= 4 is 28.6 Å². The molecule has 0 spiro atoms. The van der Waals surface area contributed by atoms with Gasteiger partial charge >= 0.3 is 5.97 Å². The van der Waals surface area contributed by atoms with E-state index in [0.29, 0.717) is 36.4 Å². The van der Waals surface area contributed by atoms with Gasteiger partial charge in [-0.3, -0.25) is 4.98 Å². The smallest absolute Gasteiger partial charge is 0.326 e. The van der Waals surface area contributed by atoms with Gasteiger partial charge in [-0.2, -0.15) is 0 Å². The van der Waals surface area contributed by atoms with E-state index in [4.69, 9.17) is 9.72 Å². The largest absolute Gasteiger partial charge is 0.480 e. The van der Waals surface area contributed by atoms with E-state index in [9.17, 15) is 9.90 Å². The van der Waals surface area contributed by atoms with Crippen LogP contribution in [-0.2, 0) is 22.4 Å². The Kier molecular flexibility index (Phi) is 9.41. The highest BCUT2D eigenvalue weighted by Gasteiger charge is 2.24. The summed E-state index contributed by atoms with van der Waals surface area (Å²) in [5.74, 6) is 0.542. The molecule has 0 amide bonds. The lowest BCUT2D eigenvalue weighted by atomic mass is 10.1. The number of rotatable bonds is 14. The molecule has 1 aliphatic heterocycles. The number of nitrogens with one attached hydrogen (secondary N) is 2. The Morgan fingerprint density at radius 2 is 2.08 bits per heavy atom. The fourth-order valence-electron chi connectivity index (χ4n) is 4.76. The molecule has 1 atom stereocenters. The first-order valence-electron chi connectivity index (χ1n) is 13.4. The third kappa shape index (κ3) is 7.58. The Balaban J connectivity index is 1.34. The highest BCUT2D eigenvalue weighted by atomic mass is 16.5. The molecule has 10 heteroatoms. The van der Waals surface area contributed by atoms with Crippen LogP contribution >= 0.6 is 0 Å². The van der Waals surface area contributed by atoms with E-state index < -0.39 is 12.0 Å². The van der Waals surface area contributed by atoms with Crippen molar-refractivity contribution in [3.63, 3.8) is 0 Å². The molecule has 3 aromatic heterocycles. The Morgan fingerprint density at radius 3 is 2.89 bits per heavy atom. The first-order valence-corrected chi connectivity index (χ1v) is 13.4. The third-order valence-electron chi connectivity index (χ3n) is 7.00. The Morgan fingerprint density at radius 1 is 1.21 bits per heavy atom. The van der Waals surface area contributed by atoms with Crippen molar-refractivity contribution in [3.05, 3.63) is 48.0 Å². The van der Waals surface area contributed by atoms with Crippen LogP contribution in [0.15, 0.2) is 36.8 Å². The molecule has 0 unspecified atom stereocenters. The molecule has 0 aliphatic carbocycles. The number of unbranched alkanes of at least 4 members (excludes halogenated alkanes) is 1. The lowest BCUT2D eigenvalue weighted by Crippen LogP contribution is -2.43. The number of carbonyl (C=O) groups is 1. The normalized spacial score (nSPS) is 14.2. The maximum atomic E-state index is 12.1. The molecule has 0 bridgehead atoms. The average molecular weight is 522 g/mol. The number of carboxylic acids is 1. The summed E-state index contributed by atoms with van der Waals surface area (Å²) in [7, 11) is 1.71. The van der Waals surface area contributed by atoms with E-state index in [0.717, 1.165) is 56.7 Å². The van der Waals surface area contributed by atoms with Crippen LogP contribution in [0.2, 0.25) is 0 Å². The quantitative estimate of drug-likeness (QED) is 0.270. The van der Waals surface area contributed by atoms with Crippen molar-refractivity contribution in [1.82, 2.24) is 24.8 Å². The third-order valence-corrected chi connectivity index (χ3v) is 7.00. The molecule has 204 valence electrons. The van der Waals surface area contributed by atoms with E-state index >= 15 is 0 Å². The van der Waals surface area contributed by atoms with Gasteiger partial charge in [-0.25, -0.2) is 19.7 Å². The lowest BCUT2D eigenvalue weighted by molar-refractivity contribution is -0.138. The second-order valence-electron chi connectivity index (χ2n) is 10.5. The summed E-state index contributed by atoms with van der Waals surface area (Å²) in [5, 5.41) is 16.4. The second-order valence-corrected chi connectivity index (χ2v) is 10.5. The van der Waals surface area contributed by atoms with Gasteiger partial charge in [-0.15, -0.1) is 0 Å². The SMILES string of the molecule is COC(C)(C)CN(CCCCc1ccc2c(n1)NCCC2)CC[C@H](Nc1ncnc2cccnc12)C(=O)O. The summed E-state index contributed by atoms with van der Waals surface area (Å²) in [6.45, 7) is 7.25. The van der Waals surface area contributed by atoms with Gasteiger partial charge < -0.3 is 25.4 Å². The summed E-state index contributed by atoms with van der Waals surface area (Å²) >= 11 is 0. The van der Waals surface area contributed by atoms with Crippen molar-refractivity contribution in [2.45, 2.75) is 64.0 Å². The second kappa shape index (κ2) is 12.9. The zero-order chi connectivity index (χ0) is 27.0. The van der Waals surface area contributed by atoms with Crippen LogP contribution in [0, 0.1) is 0 Å². The van der Waals surface area contributed by atoms with Crippen LogP contribution in [-0.4, -0.2) is 80.8 Å². The number of aliphatic carboxylic acids is 1. The van der Waals surface area contributed by atoms with Gasteiger partial charge in [-0.05, 0) is 82.7 Å². The van der Waals surface area contributed by atoms with Crippen LogP contribution in [0.5, 0.6) is 0 Å². The molecule has 1 aliphatic rings. The van der Waals surface area contributed by atoms with Crippen molar-refractivity contribution in [3.8, 4) is 0 Å². The molecule has 4 heterocycles. The van der Waals surface area contributed by atoms with Crippen LogP contribution in [0.4, 0.5) is 11.6 Å². The molecule has 3 N–H and O–H groups in total. The first kappa shape index (κ1) is 27.7. The van der Waals surface area contributed by atoms with Crippen LogP contribution in [0.25, 0.3) is 11.0 Å². The number of ether oxygens (including phenoxy) is 1. The minimum absolute atomic E-state index is 0.343. The van der Waals surface area contributed by atoms with Gasteiger partial charge in [0.2, 0.25) is 0 Å². The number of fused-ring (bicyclic) bond motifs is 2. The van der Waals surface area contributed by atoms with Crippen LogP contribution in [0.1, 0.15) is 50.8 Å². The Hall–Kier alpha value is -3.37. The summed E-state index contributed by atoms with van der Waals surface area (Å²) in [5.41, 5.74) is 3.31. The molecule has 0 saturated heterocycles. The predicted octanol–water partition coefficient (Wildman–Crippen LogP) is 3.78. The topological polar surface area (TPSA) is 125 Å². The molecule has 0 aromatic carbocycles. The van der Waals surface area contributed by atoms with Crippen molar-refractivity contribution in [1.29, 1.82) is 0 Å². The van der Waals surface area contributed by atoms with E-state index in [1.54, 1.807) is 19.4 Å². The number of carboxylic acid groups (broad SMARTS) is 1. The number of aryl methyl sites for hydroxylation is 2. The maximum Gasteiger partial charge on any atom is 0.326 e.